The SMILES string of the molecule is COc1ccc(Cl)cc1C(C)(O)CNN. The third-order valence-electron chi connectivity index (χ3n) is 2.19. The fraction of sp³-hybridized carbons (Fsp3) is 0.400. The second-order valence-corrected chi connectivity index (χ2v) is 3.94. The molecule has 4 N–H and O–H groups in total. The van der Waals surface area contributed by atoms with Crippen molar-refractivity contribution in [1.29, 1.82) is 0 Å². The first-order chi connectivity index (χ1) is 7.01. The molecule has 0 aliphatic heterocycles. The van der Waals surface area contributed by atoms with Crippen LogP contribution in [0.2, 0.25) is 5.02 Å². The normalized spacial score (nSPS) is 14.7. The van der Waals surface area contributed by atoms with Gasteiger partial charge < -0.3 is 9.84 Å². The van der Waals surface area contributed by atoms with E-state index in [-0.39, 0.29) is 6.54 Å². The van der Waals surface area contributed by atoms with E-state index in [4.69, 9.17) is 22.2 Å². The molecule has 4 nitrogen and oxygen atoms in total. The minimum absolute atomic E-state index is 0.212. The van der Waals surface area contributed by atoms with Gasteiger partial charge in [0.15, 0.2) is 0 Å². The molecule has 0 amide bonds. The van der Waals surface area contributed by atoms with Gasteiger partial charge in [0.25, 0.3) is 0 Å². The number of hydrogen-bond donors (Lipinski definition) is 3. The van der Waals surface area contributed by atoms with Crippen molar-refractivity contribution in [3.05, 3.63) is 28.8 Å². The highest BCUT2D eigenvalue weighted by atomic mass is 35.5. The molecule has 0 radical (unpaired) electrons. The molecule has 0 bridgehead atoms. The van der Waals surface area contributed by atoms with Crippen LogP contribution in [0.5, 0.6) is 5.75 Å². The molecule has 1 unspecified atom stereocenters. The first kappa shape index (κ1) is 12.3. The van der Waals surface area contributed by atoms with Crippen LogP contribution in [-0.2, 0) is 5.60 Å². The highest BCUT2D eigenvalue weighted by molar-refractivity contribution is 6.30. The summed E-state index contributed by atoms with van der Waals surface area (Å²) in [5.74, 6) is 5.78. The van der Waals surface area contributed by atoms with Crippen LogP contribution in [0, 0.1) is 0 Å². The molecule has 0 aliphatic carbocycles. The summed E-state index contributed by atoms with van der Waals surface area (Å²) in [5, 5.41) is 10.7. The molecule has 0 aliphatic rings. The van der Waals surface area contributed by atoms with Crippen LogP contribution in [0.25, 0.3) is 0 Å². The minimum atomic E-state index is -1.12. The number of aliphatic hydroxyl groups is 1. The number of nitrogens with two attached hydrogens (primary N) is 1. The van der Waals surface area contributed by atoms with Crippen molar-refractivity contribution in [3.63, 3.8) is 0 Å². The van der Waals surface area contributed by atoms with Crippen LogP contribution < -0.4 is 16.0 Å². The minimum Gasteiger partial charge on any atom is -0.496 e. The molecule has 1 aromatic rings. The molecule has 0 heterocycles. The van der Waals surface area contributed by atoms with Crippen LogP contribution in [0.15, 0.2) is 18.2 Å². The molecule has 1 aromatic carbocycles. The zero-order valence-corrected chi connectivity index (χ0v) is 9.51. The Morgan fingerprint density at radius 1 is 1.60 bits per heavy atom. The Labute approximate surface area is 94.0 Å². The number of rotatable bonds is 4. The van der Waals surface area contributed by atoms with Gasteiger partial charge in [-0.15, -0.1) is 0 Å². The zero-order chi connectivity index (χ0) is 11.5. The number of hydrogen-bond acceptors (Lipinski definition) is 4. The smallest absolute Gasteiger partial charge is 0.125 e. The van der Waals surface area contributed by atoms with E-state index < -0.39 is 5.60 Å². The van der Waals surface area contributed by atoms with Crippen molar-refractivity contribution < 1.29 is 9.84 Å². The molecule has 1 atom stereocenters. The van der Waals surface area contributed by atoms with Crippen LogP contribution in [-0.4, -0.2) is 18.8 Å². The summed E-state index contributed by atoms with van der Waals surface area (Å²) in [4.78, 5) is 0. The van der Waals surface area contributed by atoms with E-state index in [0.29, 0.717) is 16.3 Å². The summed E-state index contributed by atoms with van der Waals surface area (Å²) >= 11 is 5.86. The Hall–Kier alpha value is -0.810. The molecular formula is C10H15ClN2O2. The van der Waals surface area contributed by atoms with E-state index in [1.54, 1.807) is 32.2 Å². The largest absolute Gasteiger partial charge is 0.496 e. The Bertz CT molecular complexity index is 342. The lowest BCUT2D eigenvalue weighted by molar-refractivity contribution is 0.0546. The molecule has 0 saturated carbocycles. The van der Waals surface area contributed by atoms with Gasteiger partial charge in [0, 0.05) is 17.1 Å². The van der Waals surface area contributed by atoms with E-state index in [9.17, 15) is 5.11 Å². The number of methoxy groups -OCH3 is 1. The standard InChI is InChI=1S/C10H15ClN2O2/c1-10(14,6-13-12)8-5-7(11)3-4-9(8)15-2/h3-5,13-14H,6,12H2,1-2H3. The van der Waals surface area contributed by atoms with E-state index in [1.807, 2.05) is 0 Å². The molecule has 84 valence electrons. The average molecular weight is 231 g/mol. The van der Waals surface area contributed by atoms with Gasteiger partial charge in [0.05, 0.1) is 7.11 Å². The van der Waals surface area contributed by atoms with Crippen molar-refractivity contribution in [2.75, 3.05) is 13.7 Å². The van der Waals surface area contributed by atoms with Crippen molar-refractivity contribution in [2.45, 2.75) is 12.5 Å². The quantitative estimate of drug-likeness (QED) is 0.534. The van der Waals surface area contributed by atoms with Crippen LogP contribution >= 0.6 is 11.6 Å². The fourth-order valence-electron chi connectivity index (χ4n) is 1.40. The highest BCUT2D eigenvalue weighted by Gasteiger charge is 2.26. The van der Waals surface area contributed by atoms with Gasteiger partial charge in [-0.1, -0.05) is 11.6 Å². The summed E-state index contributed by atoms with van der Waals surface area (Å²) < 4.78 is 5.15. The molecule has 0 spiro atoms. The lowest BCUT2D eigenvalue weighted by atomic mass is 9.95. The second-order valence-electron chi connectivity index (χ2n) is 3.50. The van der Waals surface area contributed by atoms with Gasteiger partial charge in [0.2, 0.25) is 0 Å². The fourth-order valence-corrected chi connectivity index (χ4v) is 1.57. The van der Waals surface area contributed by atoms with Gasteiger partial charge in [-0.3, -0.25) is 11.3 Å². The summed E-state index contributed by atoms with van der Waals surface area (Å²) in [6, 6.07) is 5.08. The van der Waals surface area contributed by atoms with Crippen molar-refractivity contribution in [1.82, 2.24) is 5.43 Å². The maximum atomic E-state index is 10.1. The lowest BCUT2D eigenvalue weighted by Gasteiger charge is -2.25. The Balaban J connectivity index is 3.15. The van der Waals surface area contributed by atoms with Crippen molar-refractivity contribution >= 4 is 11.6 Å². The lowest BCUT2D eigenvalue weighted by Crippen LogP contribution is -2.39. The van der Waals surface area contributed by atoms with Gasteiger partial charge in [-0.05, 0) is 25.1 Å². The van der Waals surface area contributed by atoms with E-state index in [2.05, 4.69) is 5.43 Å². The van der Waals surface area contributed by atoms with E-state index in [0.717, 1.165) is 0 Å². The Morgan fingerprint density at radius 3 is 2.80 bits per heavy atom. The number of hydrazine groups is 1. The number of ether oxygens (including phenoxy) is 1. The maximum absolute atomic E-state index is 10.1. The molecule has 15 heavy (non-hydrogen) atoms. The zero-order valence-electron chi connectivity index (χ0n) is 8.75. The Morgan fingerprint density at radius 2 is 2.27 bits per heavy atom. The third kappa shape index (κ3) is 2.82. The maximum Gasteiger partial charge on any atom is 0.125 e. The van der Waals surface area contributed by atoms with Crippen molar-refractivity contribution in [3.8, 4) is 5.75 Å². The van der Waals surface area contributed by atoms with Gasteiger partial charge >= 0.3 is 0 Å². The van der Waals surface area contributed by atoms with E-state index >= 15 is 0 Å². The number of nitrogens with one attached hydrogen (secondary N) is 1. The highest BCUT2D eigenvalue weighted by Crippen LogP contribution is 2.31. The Kier molecular flexibility index (Phi) is 3.93. The molecule has 0 aromatic heterocycles. The summed E-state index contributed by atoms with van der Waals surface area (Å²) in [7, 11) is 1.54. The van der Waals surface area contributed by atoms with Gasteiger partial charge in [-0.2, -0.15) is 0 Å². The van der Waals surface area contributed by atoms with Gasteiger partial charge in [-0.25, -0.2) is 0 Å². The monoisotopic (exact) mass is 230 g/mol. The van der Waals surface area contributed by atoms with Gasteiger partial charge in [0.1, 0.15) is 11.4 Å². The van der Waals surface area contributed by atoms with Crippen molar-refractivity contribution in [2.24, 2.45) is 5.84 Å². The first-order valence-corrected chi connectivity index (χ1v) is 4.89. The summed E-state index contributed by atoms with van der Waals surface area (Å²) in [6.07, 6.45) is 0. The van der Waals surface area contributed by atoms with E-state index in [1.165, 1.54) is 0 Å². The second kappa shape index (κ2) is 4.81. The first-order valence-electron chi connectivity index (χ1n) is 4.51. The summed E-state index contributed by atoms with van der Waals surface area (Å²) in [5.41, 5.74) is 1.92. The molecule has 0 fully saturated rings. The van der Waals surface area contributed by atoms with Crippen LogP contribution in [0.4, 0.5) is 0 Å². The number of benzene rings is 1. The number of halogens is 1. The molecule has 5 heteroatoms. The molecular weight excluding hydrogens is 216 g/mol. The summed E-state index contributed by atoms with van der Waals surface area (Å²) in [6.45, 7) is 1.85. The molecule has 1 rings (SSSR count). The predicted octanol–water partition coefficient (Wildman–Crippen LogP) is 1.02. The van der Waals surface area contributed by atoms with Crippen LogP contribution in [0.1, 0.15) is 12.5 Å². The third-order valence-corrected chi connectivity index (χ3v) is 2.42. The molecule has 0 saturated heterocycles. The topological polar surface area (TPSA) is 67.5 Å². The van der Waals surface area contributed by atoms with Crippen LogP contribution in [0.3, 0.4) is 0 Å². The average Bonchev–Trinajstić information content (AvgIpc) is 2.17. The predicted molar refractivity (Wildman–Crippen MR) is 59.8 cm³/mol.